The molecule has 0 aromatic heterocycles. The average Bonchev–Trinajstić information content (AvgIpc) is 2.68. The van der Waals surface area contributed by atoms with Crippen molar-refractivity contribution in [3.05, 3.63) is 64.7 Å². The molecule has 5 heteroatoms. The van der Waals surface area contributed by atoms with Gasteiger partial charge in [0.1, 0.15) is 5.75 Å². The maximum Gasteiger partial charge on any atom is 0.314 e. The third-order valence-electron chi connectivity index (χ3n) is 4.77. The van der Waals surface area contributed by atoms with Gasteiger partial charge in [0.25, 0.3) is 0 Å². The van der Waals surface area contributed by atoms with Crippen molar-refractivity contribution in [1.82, 2.24) is 0 Å². The molecule has 27 heavy (non-hydrogen) atoms. The van der Waals surface area contributed by atoms with Crippen LogP contribution in [0.15, 0.2) is 42.5 Å². The number of carbonyl (C=O) groups is 1. The van der Waals surface area contributed by atoms with Crippen LogP contribution in [0.5, 0.6) is 5.75 Å². The van der Waals surface area contributed by atoms with Crippen LogP contribution < -0.4 is 4.74 Å². The van der Waals surface area contributed by atoms with Gasteiger partial charge in [-0.1, -0.05) is 30.3 Å². The Morgan fingerprint density at radius 2 is 1.74 bits per heavy atom. The van der Waals surface area contributed by atoms with E-state index in [0.29, 0.717) is 18.8 Å². The summed E-state index contributed by atoms with van der Waals surface area (Å²) in [6.45, 7) is 6.22. The Labute approximate surface area is 160 Å². The molecular weight excluding hydrogens is 344 g/mol. The van der Waals surface area contributed by atoms with E-state index < -0.39 is 17.5 Å². The van der Waals surface area contributed by atoms with Crippen molar-refractivity contribution in [3.8, 4) is 5.75 Å². The topological polar surface area (TPSA) is 65.0 Å². The highest BCUT2D eigenvalue weighted by atomic mass is 16.5. The Balaban J connectivity index is 2.06. The molecule has 1 atom stereocenters. The van der Waals surface area contributed by atoms with Crippen molar-refractivity contribution in [3.63, 3.8) is 0 Å². The van der Waals surface area contributed by atoms with E-state index in [9.17, 15) is 9.90 Å². The van der Waals surface area contributed by atoms with Gasteiger partial charge in [-0.15, -0.1) is 0 Å². The Morgan fingerprint density at radius 1 is 1.07 bits per heavy atom. The summed E-state index contributed by atoms with van der Waals surface area (Å²) in [4.78, 5) is 12.0. The fourth-order valence-electron chi connectivity index (χ4n) is 2.81. The van der Waals surface area contributed by atoms with E-state index in [1.165, 1.54) is 7.11 Å². The number of aliphatic hydroxyl groups is 1. The number of esters is 1. The summed E-state index contributed by atoms with van der Waals surface area (Å²) < 4.78 is 15.8. The van der Waals surface area contributed by atoms with Crippen LogP contribution >= 0.6 is 0 Å². The second kappa shape index (κ2) is 9.02. The molecule has 2 aromatic rings. The Kier molecular flexibility index (Phi) is 6.99. The van der Waals surface area contributed by atoms with E-state index in [-0.39, 0.29) is 0 Å². The molecule has 146 valence electrons. The molecule has 1 unspecified atom stereocenters. The molecule has 0 aliphatic heterocycles. The molecule has 2 rings (SSSR count). The Hall–Kier alpha value is -2.37. The average molecular weight is 372 g/mol. The zero-order valence-electron chi connectivity index (χ0n) is 16.6. The summed E-state index contributed by atoms with van der Waals surface area (Å²) in [6, 6.07) is 13.4. The van der Waals surface area contributed by atoms with Crippen molar-refractivity contribution in [2.45, 2.75) is 40.1 Å². The Bertz CT molecular complexity index is 765. The van der Waals surface area contributed by atoms with Crippen molar-refractivity contribution in [2.75, 3.05) is 14.2 Å². The lowest BCUT2D eigenvalue weighted by Crippen LogP contribution is -2.32. The number of aliphatic hydroxyl groups excluding tert-OH is 1. The highest BCUT2D eigenvalue weighted by molar-refractivity contribution is 5.76. The molecule has 0 aliphatic carbocycles. The molecule has 0 heterocycles. The van der Waals surface area contributed by atoms with E-state index in [1.807, 2.05) is 49.4 Å². The summed E-state index contributed by atoms with van der Waals surface area (Å²) in [7, 11) is 2.96. The molecule has 0 fully saturated rings. The van der Waals surface area contributed by atoms with Gasteiger partial charge in [-0.2, -0.15) is 0 Å². The molecule has 0 saturated carbocycles. The van der Waals surface area contributed by atoms with Gasteiger partial charge in [0, 0.05) is 0 Å². The summed E-state index contributed by atoms with van der Waals surface area (Å²) in [5.41, 5.74) is 2.72. The van der Waals surface area contributed by atoms with E-state index in [0.717, 1.165) is 22.4 Å². The van der Waals surface area contributed by atoms with Crippen LogP contribution in [0.3, 0.4) is 0 Å². The first-order valence-electron chi connectivity index (χ1n) is 8.86. The second-order valence-corrected chi connectivity index (χ2v) is 7.14. The highest BCUT2D eigenvalue weighted by Gasteiger charge is 2.38. The van der Waals surface area contributed by atoms with Crippen LogP contribution in [-0.4, -0.2) is 25.3 Å². The number of hydrogen-bond acceptors (Lipinski definition) is 5. The zero-order chi connectivity index (χ0) is 20.0. The number of benzene rings is 2. The molecule has 0 radical (unpaired) electrons. The number of carbonyl (C=O) groups excluding carboxylic acids is 1. The van der Waals surface area contributed by atoms with Crippen LogP contribution in [-0.2, 0) is 27.5 Å². The fourth-order valence-corrected chi connectivity index (χ4v) is 2.81. The molecule has 1 N–H and O–H groups in total. The first-order valence-corrected chi connectivity index (χ1v) is 8.86. The highest BCUT2D eigenvalue weighted by Crippen LogP contribution is 2.35. The summed E-state index contributed by atoms with van der Waals surface area (Å²) >= 11 is 0. The van der Waals surface area contributed by atoms with E-state index in [4.69, 9.17) is 14.2 Å². The van der Waals surface area contributed by atoms with Crippen LogP contribution in [0.25, 0.3) is 0 Å². The summed E-state index contributed by atoms with van der Waals surface area (Å²) in [6.07, 6.45) is -0.967. The Morgan fingerprint density at radius 3 is 2.33 bits per heavy atom. The van der Waals surface area contributed by atoms with Gasteiger partial charge < -0.3 is 19.3 Å². The first-order chi connectivity index (χ1) is 12.8. The van der Waals surface area contributed by atoms with E-state index in [1.54, 1.807) is 21.0 Å². The van der Waals surface area contributed by atoms with E-state index >= 15 is 0 Å². The van der Waals surface area contributed by atoms with Crippen molar-refractivity contribution in [1.29, 1.82) is 0 Å². The largest absolute Gasteiger partial charge is 0.497 e. The van der Waals surface area contributed by atoms with Gasteiger partial charge in [-0.05, 0) is 55.2 Å². The number of rotatable bonds is 8. The standard InChI is InChI=1S/C22H28O5/c1-15-6-9-17(20(23)22(2,3)21(24)26-5)12-18(15)14-27-13-16-7-10-19(25-4)11-8-16/h6-12,20,23H,13-14H2,1-5H3. The van der Waals surface area contributed by atoms with Crippen molar-refractivity contribution < 1.29 is 24.1 Å². The monoisotopic (exact) mass is 372 g/mol. The lowest BCUT2D eigenvalue weighted by molar-refractivity contribution is -0.157. The number of hydrogen-bond donors (Lipinski definition) is 1. The van der Waals surface area contributed by atoms with Crippen molar-refractivity contribution in [2.24, 2.45) is 5.41 Å². The second-order valence-electron chi connectivity index (χ2n) is 7.14. The van der Waals surface area contributed by atoms with Gasteiger partial charge in [0.05, 0.1) is 39.0 Å². The lowest BCUT2D eigenvalue weighted by atomic mass is 9.82. The van der Waals surface area contributed by atoms with Crippen LogP contribution in [0.4, 0.5) is 0 Å². The van der Waals surface area contributed by atoms with E-state index in [2.05, 4.69) is 0 Å². The smallest absolute Gasteiger partial charge is 0.314 e. The fraction of sp³-hybridized carbons (Fsp3) is 0.409. The van der Waals surface area contributed by atoms with Crippen LogP contribution in [0, 0.1) is 12.3 Å². The predicted octanol–water partition coefficient (Wildman–Crippen LogP) is 3.95. The van der Waals surface area contributed by atoms with Gasteiger partial charge in [-0.25, -0.2) is 0 Å². The molecule has 5 nitrogen and oxygen atoms in total. The molecule has 0 amide bonds. The van der Waals surface area contributed by atoms with Crippen molar-refractivity contribution >= 4 is 5.97 Å². The van der Waals surface area contributed by atoms with Gasteiger partial charge in [0.15, 0.2) is 0 Å². The van der Waals surface area contributed by atoms with Gasteiger partial charge in [0.2, 0.25) is 0 Å². The lowest BCUT2D eigenvalue weighted by Gasteiger charge is -2.28. The molecular formula is C22H28O5. The molecule has 0 spiro atoms. The van der Waals surface area contributed by atoms with Gasteiger partial charge in [-0.3, -0.25) is 4.79 Å². The molecule has 0 saturated heterocycles. The third kappa shape index (κ3) is 5.08. The molecule has 2 aromatic carbocycles. The number of methoxy groups -OCH3 is 2. The minimum Gasteiger partial charge on any atom is -0.497 e. The SMILES string of the molecule is COC(=O)C(C)(C)C(O)c1ccc(C)c(COCc2ccc(OC)cc2)c1. The normalized spacial score (nSPS) is 12.5. The maximum atomic E-state index is 12.0. The molecule has 0 aliphatic rings. The number of aryl methyl sites for hydroxylation is 1. The summed E-state index contributed by atoms with van der Waals surface area (Å²) in [5.74, 6) is 0.359. The first kappa shape index (κ1) is 20.9. The quantitative estimate of drug-likeness (QED) is 0.711. The molecule has 0 bridgehead atoms. The predicted molar refractivity (Wildman–Crippen MR) is 103 cm³/mol. The minimum absolute atomic E-state index is 0.414. The summed E-state index contributed by atoms with van der Waals surface area (Å²) in [5, 5.41) is 10.7. The minimum atomic E-state index is -1.04. The van der Waals surface area contributed by atoms with Crippen LogP contribution in [0.1, 0.15) is 42.2 Å². The van der Waals surface area contributed by atoms with Gasteiger partial charge >= 0.3 is 5.97 Å². The van der Waals surface area contributed by atoms with Crippen LogP contribution in [0.2, 0.25) is 0 Å². The zero-order valence-corrected chi connectivity index (χ0v) is 16.6. The number of ether oxygens (including phenoxy) is 3. The third-order valence-corrected chi connectivity index (χ3v) is 4.77. The maximum absolute atomic E-state index is 12.0.